The second-order valence-corrected chi connectivity index (χ2v) is 5.35. The largest absolute Gasteiger partial charge is 0.548 e. The standard InChI is InChI=1S/C17H15N3O7/c1-10(17(23)24)18-15(21)13(19-16(22)14-3-2-8-27-14)9-11-4-6-12(7-5-11)20(25)26/h2-10H,1H3,(H,18,21)(H,19,22)(H,23,24)/p-1/b13-9+/t10-/m1/s1. The fourth-order valence-corrected chi connectivity index (χ4v) is 1.94. The number of hydrogen-bond acceptors (Lipinski definition) is 7. The van der Waals surface area contributed by atoms with Gasteiger partial charge in [-0.2, -0.15) is 0 Å². The number of carboxylic acids is 1. The van der Waals surface area contributed by atoms with E-state index in [4.69, 9.17) is 4.42 Å². The molecule has 1 aromatic heterocycles. The SMILES string of the molecule is C[C@@H](NC(=O)/C(=C\c1ccc([N+](=O)[O-])cc1)NC(=O)c1ccco1)C(=O)[O-]. The van der Waals surface area contributed by atoms with Crippen LogP contribution in [0.3, 0.4) is 0 Å². The van der Waals surface area contributed by atoms with E-state index >= 15 is 0 Å². The van der Waals surface area contributed by atoms with Crippen molar-refractivity contribution in [2.24, 2.45) is 0 Å². The zero-order chi connectivity index (χ0) is 20.0. The zero-order valence-electron chi connectivity index (χ0n) is 14.0. The lowest BCUT2D eigenvalue weighted by atomic mass is 10.1. The molecule has 27 heavy (non-hydrogen) atoms. The number of non-ortho nitro benzene ring substituents is 1. The minimum atomic E-state index is -1.50. The number of nitrogens with zero attached hydrogens (tertiary/aromatic N) is 1. The van der Waals surface area contributed by atoms with Crippen LogP contribution in [-0.2, 0) is 9.59 Å². The average molecular weight is 372 g/mol. The van der Waals surface area contributed by atoms with Crippen LogP contribution in [0, 0.1) is 10.1 Å². The predicted octanol–water partition coefficient (Wildman–Crippen LogP) is 0.213. The Labute approximate surface area is 152 Å². The maximum Gasteiger partial charge on any atom is 0.291 e. The first-order valence-corrected chi connectivity index (χ1v) is 7.60. The van der Waals surface area contributed by atoms with Crippen molar-refractivity contribution in [3.8, 4) is 0 Å². The maximum atomic E-state index is 12.3. The van der Waals surface area contributed by atoms with Crippen molar-refractivity contribution in [2.45, 2.75) is 13.0 Å². The summed E-state index contributed by atoms with van der Waals surface area (Å²) in [5.74, 6) is -3.19. The van der Waals surface area contributed by atoms with Gasteiger partial charge in [0.2, 0.25) is 0 Å². The molecule has 2 aromatic rings. The number of carbonyl (C=O) groups excluding carboxylic acids is 3. The van der Waals surface area contributed by atoms with E-state index in [2.05, 4.69) is 10.6 Å². The number of nitrogens with one attached hydrogen (secondary N) is 2. The molecule has 0 aliphatic rings. The van der Waals surface area contributed by atoms with E-state index < -0.39 is 28.7 Å². The lowest BCUT2D eigenvalue weighted by Gasteiger charge is -2.16. The van der Waals surface area contributed by atoms with E-state index in [1.54, 1.807) is 0 Å². The van der Waals surface area contributed by atoms with Gasteiger partial charge in [0.25, 0.3) is 17.5 Å². The number of hydrogen-bond donors (Lipinski definition) is 2. The van der Waals surface area contributed by atoms with Gasteiger partial charge in [-0.3, -0.25) is 19.7 Å². The van der Waals surface area contributed by atoms with Gasteiger partial charge in [0.1, 0.15) is 5.70 Å². The molecule has 2 N–H and O–H groups in total. The average Bonchev–Trinajstić information content (AvgIpc) is 3.16. The first kappa shape index (κ1) is 19.4. The zero-order valence-corrected chi connectivity index (χ0v) is 14.0. The molecule has 0 bridgehead atoms. The van der Waals surface area contributed by atoms with Crippen LogP contribution in [0.5, 0.6) is 0 Å². The van der Waals surface area contributed by atoms with E-state index in [1.165, 1.54) is 55.7 Å². The number of carboxylic acid groups (broad SMARTS) is 1. The fourth-order valence-electron chi connectivity index (χ4n) is 1.94. The van der Waals surface area contributed by atoms with Crippen molar-refractivity contribution in [1.29, 1.82) is 0 Å². The summed E-state index contributed by atoms with van der Waals surface area (Å²) in [5.41, 5.74) is -0.0618. The maximum absolute atomic E-state index is 12.3. The van der Waals surface area contributed by atoms with E-state index in [1.807, 2.05) is 0 Å². The molecule has 0 aliphatic carbocycles. The number of benzene rings is 1. The Bertz CT molecular complexity index is 886. The highest BCUT2D eigenvalue weighted by Gasteiger charge is 2.18. The second kappa shape index (κ2) is 8.43. The number of nitro groups is 1. The molecule has 0 radical (unpaired) electrons. The summed E-state index contributed by atoms with van der Waals surface area (Å²) >= 11 is 0. The Morgan fingerprint density at radius 3 is 2.37 bits per heavy atom. The molecule has 1 heterocycles. The first-order chi connectivity index (χ1) is 12.8. The molecule has 10 heteroatoms. The monoisotopic (exact) mass is 372 g/mol. The normalized spacial score (nSPS) is 12.1. The number of amides is 2. The number of furan rings is 1. The minimum absolute atomic E-state index is 0.0645. The molecule has 0 spiro atoms. The summed E-state index contributed by atoms with van der Waals surface area (Å²) in [4.78, 5) is 45.4. The first-order valence-electron chi connectivity index (χ1n) is 7.60. The molecule has 140 valence electrons. The summed E-state index contributed by atoms with van der Waals surface area (Å²) in [6.07, 6.45) is 2.51. The molecular formula is C17H14N3O7-. The van der Waals surface area contributed by atoms with Gasteiger partial charge in [-0.15, -0.1) is 0 Å². The highest BCUT2D eigenvalue weighted by Crippen LogP contribution is 2.14. The summed E-state index contributed by atoms with van der Waals surface area (Å²) in [6.45, 7) is 1.20. The smallest absolute Gasteiger partial charge is 0.291 e. The Morgan fingerprint density at radius 2 is 1.85 bits per heavy atom. The lowest BCUT2D eigenvalue weighted by Crippen LogP contribution is -2.48. The topological polar surface area (TPSA) is 155 Å². The van der Waals surface area contributed by atoms with Crippen molar-refractivity contribution < 1.29 is 28.8 Å². The molecule has 1 aromatic carbocycles. The van der Waals surface area contributed by atoms with Crippen LogP contribution >= 0.6 is 0 Å². The molecular weight excluding hydrogens is 358 g/mol. The molecule has 2 amide bonds. The van der Waals surface area contributed by atoms with Crippen LogP contribution in [0.25, 0.3) is 6.08 Å². The van der Waals surface area contributed by atoms with Gasteiger partial charge in [-0.05, 0) is 42.8 Å². The van der Waals surface area contributed by atoms with Crippen molar-refractivity contribution in [3.63, 3.8) is 0 Å². The molecule has 1 atom stereocenters. The molecule has 0 aliphatic heterocycles. The van der Waals surface area contributed by atoms with Crippen LogP contribution in [0.2, 0.25) is 0 Å². The van der Waals surface area contributed by atoms with Gasteiger partial charge >= 0.3 is 0 Å². The number of rotatable bonds is 7. The highest BCUT2D eigenvalue weighted by molar-refractivity contribution is 6.05. The van der Waals surface area contributed by atoms with Crippen molar-refractivity contribution in [3.05, 3.63) is 69.8 Å². The summed E-state index contributed by atoms with van der Waals surface area (Å²) in [6, 6.07) is 6.73. The van der Waals surface area contributed by atoms with Gasteiger partial charge in [-0.1, -0.05) is 0 Å². The van der Waals surface area contributed by atoms with Gasteiger partial charge in [0.15, 0.2) is 5.76 Å². The molecule has 10 nitrogen and oxygen atoms in total. The predicted molar refractivity (Wildman–Crippen MR) is 89.9 cm³/mol. The van der Waals surface area contributed by atoms with Gasteiger partial charge in [-0.25, -0.2) is 0 Å². The van der Waals surface area contributed by atoms with Crippen LogP contribution in [-0.4, -0.2) is 28.7 Å². The fraction of sp³-hybridized carbons (Fsp3) is 0.118. The Hall–Kier alpha value is -3.95. The van der Waals surface area contributed by atoms with E-state index in [-0.39, 0.29) is 17.1 Å². The van der Waals surface area contributed by atoms with Crippen LogP contribution in [0.1, 0.15) is 23.0 Å². The van der Waals surface area contributed by atoms with Crippen molar-refractivity contribution in [2.75, 3.05) is 0 Å². The Kier molecular flexibility index (Phi) is 6.05. The minimum Gasteiger partial charge on any atom is -0.548 e. The third kappa shape index (κ3) is 5.26. The number of carbonyl (C=O) groups is 3. The van der Waals surface area contributed by atoms with Crippen LogP contribution in [0.4, 0.5) is 5.69 Å². The molecule has 2 rings (SSSR count). The van der Waals surface area contributed by atoms with E-state index in [0.717, 1.165) is 0 Å². The van der Waals surface area contributed by atoms with Crippen LogP contribution in [0.15, 0.2) is 52.8 Å². The Morgan fingerprint density at radius 1 is 1.19 bits per heavy atom. The lowest BCUT2D eigenvalue weighted by molar-refractivity contribution is -0.384. The van der Waals surface area contributed by atoms with Gasteiger partial charge < -0.3 is 25.0 Å². The second-order valence-electron chi connectivity index (χ2n) is 5.35. The molecule has 0 fully saturated rings. The molecule has 0 saturated carbocycles. The van der Waals surface area contributed by atoms with E-state index in [0.29, 0.717) is 5.56 Å². The summed E-state index contributed by atoms with van der Waals surface area (Å²) < 4.78 is 4.94. The van der Waals surface area contributed by atoms with E-state index in [9.17, 15) is 29.6 Å². The highest BCUT2D eigenvalue weighted by atomic mass is 16.6. The van der Waals surface area contributed by atoms with Crippen molar-refractivity contribution >= 4 is 29.5 Å². The summed E-state index contributed by atoms with van der Waals surface area (Å²) in [7, 11) is 0. The summed E-state index contributed by atoms with van der Waals surface area (Å²) in [5, 5.41) is 26.0. The number of aliphatic carboxylic acids is 1. The van der Waals surface area contributed by atoms with Crippen LogP contribution < -0.4 is 15.7 Å². The quantitative estimate of drug-likeness (QED) is 0.400. The Balaban J connectivity index is 2.29. The third-order valence-corrected chi connectivity index (χ3v) is 3.35. The van der Waals surface area contributed by atoms with Gasteiger partial charge in [0.05, 0.1) is 23.2 Å². The van der Waals surface area contributed by atoms with Crippen molar-refractivity contribution in [1.82, 2.24) is 10.6 Å². The molecule has 0 saturated heterocycles. The van der Waals surface area contributed by atoms with Gasteiger partial charge in [0, 0.05) is 12.1 Å². The third-order valence-electron chi connectivity index (χ3n) is 3.35. The number of nitro benzene ring substituents is 1. The molecule has 0 unspecified atom stereocenters.